The van der Waals surface area contributed by atoms with Gasteiger partial charge in [-0.05, 0) is 24.6 Å². The molecule has 8 nitrogen and oxygen atoms in total. The summed E-state index contributed by atoms with van der Waals surface area (Å²) in [6.45, 7) is 1.55. The number of nitrogens with one attached hydrogen (secondary N) is 1. The van der Waals surface area contributed by atoms with Gasteiger partial charge in [0.1, 0.15) is 18.4 Å². The fourth-order valence-electron chi connectivity index (χ4n) is 2.59. The Morgan fingerprint density at radius 3 is 2.53 bits per heavy atom. The molecule has 2 N–H and O–H groups in total. The van der Waals surface area contributed by atoms with Gasteiger partial charge < -0.3 is 15.2 Å². The summed E-state index contributed by atoms with van der Waals surface area (Å²) in [5, 5.41) is 14.1. The van der Waals surface area contributed by atoms with E-state index in [1.807, 2.05) is 0 Å². The number of aromatic nitrogens is 2. The number of nitrogens with zero attached hydrogens (tertiary/aromatic N) is 2. The van der Waals surface area contributed by atoms with E-state index in [0.717, 1.165) is 34.8 Å². The van der Waals surface area contributed by atoms with Crippen molar-refractivity contribution in [2.45, 2.75) is 30.4 Å². The Kier molecular flexibility index (Phi) is 7.29. The quantitative estimate of drug-likeness (QED) is 0.448. The van der Waals surface area contributed by atoms with Crippen LogP contribution in [0.2, 0.25) is 0 Å². The van der Waals surface area contributed by atoms with Gasteiger partial charge in [-0.15, -0.1) is 22.7 Å². The second kappa shape index (κ2) is 9.62. The zero-order valence-electron chi connectivity index (χ0n) is 16.3. The normalized spacial score (nSPS) is 12.2. The molecule has 0 aliphatic carbocycles. The van der Waals surface area contributed by atoms with E-state index in [1.165, 1.54) is 22.7 Å². The van der Waals surface area contributed by atoms with Gasteiger partial charge in [0.25, 0.3) is 9.84 Å². The first-order valence-corrected chi connectivity index (χ1v) is 12.0. The summed E-state index contributed by atoms with van der Waals surface area (Å²) in [4.78, 5) is 20.9. The van der Waals surface area contributed by atoms with Gasteiger partial charge in [-0.1, -0.05) is 12.1 Å². The molecule has 2 aromatic heterocycles. The molecular formula is C18H16F3N3O5S3. The molecule has 0 unspecified atom stereocenters. The minimum absolute atomic E-state index is 0.165. The number of ether oxygens (including phenoxy) is 1. The number of carbonyl (C=O) groups excluding carboxylic acids is 1. The number of halogens is 3. The first-order valence-electron chi connectivity index (χ1n) is 8.82. The number of aliphatic hydroxyl groups excluding tert-OH is 1. The molecule has 0 aliphatic rings. The standard InChI is InChI=1S/C18H16F3N3O5S3/c1-10-16(31-15(22-10)7-29-9-25)13-8-30-17(23-13)24-14(26)6-11-2-4-12(5-3-11)32(27,28)18(19,20)21/h2-5,8,25H,6-7,9H2,1H3,(H,23,24,26). The van der Waals surface area contributed by atoms with Crippen LogP contribution in [0.25, 0.3) is 10.6 Å². The average molecular weight is 508 g/mol. The number of sulfone groups is 1. The number of benzene rings is 1. The van der Waals surface area contributed by atoms with Crippen molar-refractivity contribution in [3.05, 3.63) is 45.9 Å². The molecule has 14 heteroatoms. The Bertz CT molecular complexity index is 1200. The molecule has 1 amide bonds. The Balaban J connectivity index is 1.64. The number of amides is 1. The van der Waals surface area contributed by atoms with Crippen molar-refractivity contribution < 1.29 is 36.2 Å². The maximum atomic E-state index is 12.6. The molecule has 0 saturated carbocycles. The van der Waals surface area contributed by atoms with Crippen LogP contribution in [0.3, 0.4) is 0 Å². The zero-order valence-corrected chi connectivity index (χ0v) is 18.8. The molecule has 32 heavy (non-hydrogen) atoms. The predicted octanol–water partition coefficient (Wildman–Crippen LogP) is 3.52. The third kappa shape index (κ3) is 5.50. The topological polar surface area (TPSA) is 118 Å². The van der Waals surface area contributed by atoms with Crippen LogP contribution in [0.4, 0.5) is 18.3 Å². The number of anilines is 1. The highest BCUT2D eigenvalue weighted by Crippen LogP contribution is 2.33. The van der Waals surface area contributed by atoms with E-state index in [2.05, 4.69) is 15.3 Å². The smallest absolute Gasteiger partial charge is 0.371 e. The lowest BCUT2D eigenvalue weighted by molar-refractivity contribution is -0.115. The minimum Gasteiger partial charge on any atom is -0.371 e. The van der Waals surface area contributed by atoms with Gasteiger partial charge in [-0.25, -0.2) is 18.4 Å². The Labute approximate surface area is 188 Å². The van der Waals surface area contributed by atoms with Crippen molar-refractivity contribution in [1.82, 2.24) is 9.97 Å². The summed E-state index contributed by atoms with van der Waals surface area (Å²) >= 11 is 2.54. The lowest BCUT2D eigenvalue weighted by Crippen LogP contribution is -2.23. The number of aryl methyl sites for hydroxylation is 1. The van der Waals surface area contributed by atoms with Crippen LogP contribution in [-0.2, 0) is 32.4 Å². The summed E-state index contributed by atoms with van der Waals surface area (Å²) in [5.41, 5.74) is -3.72. The van der Waals surface area contributed by atoms with Gasteiger partial charge in [0, 0.05) is 5.38 Å². The lowest BCUT2D eigenvalue weighted by atomic mass is 10.1. The van der Waals surface area contributed by atoms with Gasteiger partial charge in [0.2, 0.25) is 5.91 Å². The largest absolute Gasteiger partial charge is 0.501 e. The highest BCUT2D eigenvalue weighted by molar-refractivity contribution is 7.92. The van der Waals surface area contributed by atoms with Gasteiger partial charge in [0.05, 0.1) is 27.6 Å². The lowest BCUT2D eigenvalue weighted by Gasteiger charge is -2.08. The molecule has 0 aliphatic heterocycles. The number of hydrogen-bond donors (Lipinski definition) is 2. The van der Waals surface area contributed by atoms with E-state index < -0.39 is 32.9 Å². The van der Waals surface area contributed by atoms with Crippen LogP contribution in [0.1, 0.15) is 16.3 Å². The van der Waals surface area contributed by atoms with Crippen molar-refractivity contribution in [3.8, 4) is 10.6 Å². The Morgan fingerprint density at radius 2 is 1.91 bits per heavy atom. The molecule has 3 rings (SSSR count). The van der Waals surface area contributed by atoms with Crippen LogP contribution < -0.4 is 5.32 Å². The van der Waals surface area contributed by atoms with Crippen LogP contribution in [0.15, 0.2) is 34.5 Å². The van der Waals surface area contributed by atoms with Crippen molar-refractivity contribution in [3.63, 3.8) is 0 Å². The minimum atomic E-state index is -5.43. The molecule has 0 atom stereocenters. The first-order chi connectivity index (χ1) is 15.0. The number of carbonyl (C=O) groups is 1. The first kappa shape index (κ1) is 24.3. The summed E-state index contributed by atoms with van der Waals surface area (Å²) < 4.78 is 65.5. The van der Waals surface area contributed by atoms with E-state index in [4.69, 9.17) is 9.84 Å². The second-order valence-corrected chi connectivity index (χ2v) is 10.2. The molecule has 0 fully saturated rings. The zero-order chi connectivity index (χ0) is 23.5. The number of thiazole rings is 2. The maximum Gasteiger partial charge on any atom is 0.501 e. The van der Waals surface area contributed by atoms with Crippen LogP contribution in [0.5, 0.6) is 0 Å². The van der Waals surface area contributed by atoms with Crippen molar-refractivity contribution in [2.75, 3.05) is 12.1 Å². The van der Waals surface area contributed by atoms with Gasteiger partial charge in [-0.3, -0.25) is 4.79 Å². The number of alkyl halides is 3. The average Bonchev–Trinajstić information content (AvgIpc) is 3.32. The van der Waals surface area contributed by atoms with Gasteiger partial charge in [0.15, 0.2) is 5.13 Å². The fraction of sp³-hybridized carbons (Fsp3) is 0.278. The van der Waals surface area contributed by atoms with Crippen molar-refractivity contribution in [2.24, 2.45) is 0 Å². The summed E-state index contributed by atoms with van der Waals surface area (Å²) in [6, 6.07) is 3.94. The highest BCUT2D eigenvalue weighted by atomic mass is 32.2. The number of rotatable bonds is 8. The maximum absolute atomic E-state index is 12.6. The van der Waals surface area contributed by atoms with Crippen molar-refractivity contribution in [1.29, 1.82) is 0 Å². The highest BCUT2D eigenvalue weighted by Gasteiger charge is 2.46. The van der Waals surface area contributed by atoms with Crippen LogP contribution >= 0.6 is 22.7 Å². The van der Waals surface area contributed by atoms with E-state index in [-0.39, 0.29) is 13.0 Å². The second-order valence-electron chi connectivity index (χ2n) is 6.36. The molecule has 172 valence electrons. The predicted molar refractivity (Wildman–Crippen MR) is 112 cm³/mol. The molecule has 0 radical (unpaired) electrons. The molecule has 1 aromatic carbocycles. The molecule has 0 spiro atoms. The monoisotopic (exact) mass is 507 g/mol. The van der Waals surface area contributed by atoms with Crippen LogP contribution in [-0.4, -0.2) is 41.7 Å². The Morgan fingerprint density at radius 1 is 1.22 bits per heavy atom. The van der Waals surface area contributed by atoms with Gasteiger partial charge >= 0.3 is 5.51 Å². The van der Waals surface area contributed by atoms with Crippen molar-refractivity contribution >= 4 is 43.5 Å². The summed E-state index contributed by atoms with van der Waals surface area (Å²) in [5.74, 6) is -0.463. The molecule has 2 heterocycles. The van der Waals surface area contributed by atoms with E-state index >= 15 is 0 Å². The Hall–Kier alpha value is -2.39. The van der Waals surface area contributed by atoms with Gasteiger partial charge in [-0.2, -0.15) is 13.2 Å². The SMILES string of the molecule is Cc1nc(COCO)sc1-c1csc(NC(=O)Cc2ccc(S(=O)(=O)C(F)(F)F)cc2)n1. The molecule has 0 saturated heterocycles. The van der Waals surface area contributed by atoms with E-state index in [1.54, 1.807) is 12.3 Å². The third-order valence-corrected chi connectivity index (χ3v) is 7.46. The number of aliphatic hydroxyl groups is 1. The summed E-state index contributed by atoms with van der Waals surface area (Å²) in [7, 11) is -5.43. The molecule has 3 aromatic rings. The van der Waals surface area contributed by atoms with E-state index in [0.29, 0.717) is 21.4 Å². The molecular weight excluding hydrogens is 491 g/mol. The molecule has 0 bridgehead atoms. The number of hydrogen-bond acceptors (Lipinski definition) is 9. The fourth-order valence-corrected chi connectivity index (χ4v) is 5.11. The van der Waals surface area contributed by atoms with E-state index in [9.17, 15) is 26.4 Å². The summed E-state index contributed by atoms with van der Waals surface area (Å²) in [6.07, 6.45) is -0.177. The third-order valence-electron chi connectivity index (χ3n) is 4.04. The van der Waals surface area contributed by atoms with Crippen LogP contribution in [0, 0.1) is 6.92 Å².